The lowest BCUT2D eigenvalue weighted by molar-refractivity contribution is -0.122. The fourth-order valence-electron chi connectivity index (χ4n) is 4.37. The van der Waals surface area contributed by atoms with Crippen molar-refractivity contribution < 1.29 is 4.79 Å². The van der Waals surface area contributed by atoms with Crippen molar-refractivity contribution in [2.45, 2.75) is 72.3 Å². The topological polar surface area (TPSA) is 69.3 Å². The van der Waals surface area contributed by atoms with Gasteiger partial charge >= 0.3 is 0 Å². The molecule has 6 nitrogen and oxygen atoms in total. The van der Waals surface area contributed by atoms with Crippen LogP contribution in [0.4, 0.5) is 5.82 Å². The summed E-state index contributed by atoms with van der Waals surface area (Å²) in [6, 6.07) is 2.11. The molecule has 0 spiro atoms. The molecular formula is C24H32N4O2S2. The number of thiocarbonyl (C=S) groups is 1. The first kappa shape index (κ1) is 24.5. The fourth-order valence-corrected chi connectivity index (χ4v) is 5.66. The molecule has 3 heterocycles. The van der Waals surface area contributed by atoms with Crippen LogP contribution in [-0.4, -0.2) is 39.3 Å². The number of hydrogen-bond acceptors (Lipinski definition) is 6. The van der Waals surface area contributed by atoms with Gasteiger partial charge in [0.2, 0.25) is 0 Å². The number of carbonyl (C=O) groups is 1. The number of rotatable bonds is 9. The van der Waals surface area contributed by atoms with Crippen molar-refractivity contribution in [2.75, 3.05) is 24.5 Å². The molecule has 0 N–H and O–H groups in total. The molecule has 0 aromatic carbocycles. The lowest BCUT2D eigenvalue weighted by atomic mass is 10.0. The second-order valence-corrected chi connectivity index (χ2v) is 10.1. The zero-order valence-corrected chi connectivity index (χ0v) is 20.9. The van der Waals surface area contributed by atoms with Gasteiger partial charge in [-0.1, -0.05) is 57.1 Å². The van der Waals surface area contributed by atoms with E-state index in [1.54, 1.807) is 9.47 Å². The number of carbonyl (C=O) groups excluding carboxylic acids is 1. The summed E-state index contributed by atoms with van der Waals surface area (Å²) in [5.41, 5.74) is 1.35. The van der Waals surface area contributed by atoms with Crippen LogP contribution < -0.4 is 10.5 Å². The van der Waals surface area contributed by atoms with Crippen LogP contribution in [0.25, 0.3) is 6.08 Å². The smallest absolute Gasteiger partial charge is 0.270 e. The van der Waals surface area contributed by atoms with Gasteiger partial charge in [-0.25, -0.2) is 0 Å². The van der Waals surface area contributed by atoms with Crippen LogP contribution in [0.15, 0.2) is 9.70 Å². The van der Waals surface area contributed by atoms with E-state index in [9.17, 15) is 14.9 Å². The van der Waals surface area contributed by atoms with Crippen LogP contribution in [0.2, 0.25) is 0 Å². The summed E-state index contributed by atoms with van der Waals surface area (Å²) in [4.78, 5) is 30.8. The van der Waals surface area contributed by atoms with Crippen LogP contribution in [0, 0.1) is 18.3 Å². The molecule has 0 unspecified atom stereocenters. The Kier molecular flexibility index (Phi) is 8.55. The number of pyridine rings is 1. The third-order valence-corrected chi connectivity index (χ3v) is 7.46. The van der Waals surface area contributed by atoms with E-state index in [-0.39, 0.29) is 17.0 Å². The number of hydrogen-bond donors (Lipinski definition) is 0. The van der Waals surface area contributed by atoms with E-state index in [2.05, 4.69) is 17.9 Å². The number of unbranched alkanes of at least 4 members (excludes halogenated alkanes) is 3. The van der Waals surface area contributed by atoms with E-state index in [4.69, 9.17) is 12.2 Å². The SMILES string of the molecule is CCCCCCN1C(=O)/C(=C/c2c(C)c(C#N)c(=O)n(CCC)c2N2CCCC2)SC1=S. The number of nitriles is 1. The molecule has 0 radical (unpaired) electrons. The van der Waals surface area contributed by atoms with Gasteiger partial charge in [-0.2, -0.15) is 5.26 Å². The molecule has 3 rings (SSSR count). The minimum absolute atomic E-state index is 0.0741. The highest BCUT2D eigenvalue weighted by Gasteiger charge is 2.33. The maximum atomic E-state index is 13.2. The second-order valence-electron chi connectivity index (χ2n) is 8.39. The molecule has 8 heteroatoms. The normalized spacial score (nSPS) is 17.6. The Balaban J connectivity index is 2.07. The second kappa shape index (κ2) is 11.2. The van der Waals surface area contributed by atoms with E-state index in [1.807, 2.05) is 19.9 Å². The predicted octanol–water partition coefficient (Wildman–Crippen LogP) is 4.82. The molecule has 0 bridgehead atoms. The summed E-state index contributed by atoms with van der Waals surface area (Å²) < 4.78 is 2.31. The molecule has 2 fully saturated rings. The van der Waals surface area contributed by atoms with Crippen LogP contribution in [0.1, 0.15) is 75.5 Å². The van der Waals surface area contributed by atoms with Crippen molar-refractivity contribution >= 4 is 46.1 Å². The Labute approximate surface area is 200 Å². The number of aromatic nitrogens is 1. The standard InChI is InChI=1S/C24H32N4O2S2/c1-4-6-7-8-14-28-23(30)20(32-24(28)31)15-18-17(3)19(16-25)22(29)27(11-5-2)21(18)26-12-9-10-13-26/h15H,4-14H2,1-3H3/b20-15-. The lowest BCUT2D eigenvalue weighted by Gasteiger charge is -2.26. The van der Waals surface area contributed by atoms with Crippen molar-refractivity contribution in [3.05, 3.63) is 31.9 Å². The van der Waals surface area contributed by atoms with Crippen molar-refractivity contribution in [3.8, 4) is 6.07 Å². The van der Waals surface area contributed by atoms with Crippen LogP contribution in [0.5, 0.6) is 0 Å². The Morgan fingerprint density at radius 1 is 1.09 bits per heavy atom. The summed E-state index contributed by atoms with van der Waals surface area (Å²) in [5.74, 6) is 0.758. The van der Waals surface area contributed by atoms with E-state index in [0.717, 1.165) is 69.4 Å². The van der Waals surface area contributed by atoms with E-state index in [0.29, 0.717) is 27.9 Å². The molecule has 32 heavy (non-hydrogen) atoms. The van der Waals surface area contributed by atoms with E-state index in [1.165, 1.54) is 11.8 Å². The first-order valence-corrected chi connectivity index (χ1v) is 12.8. The molecule has 1 aromatic heterocycles. The van der Waals surface area contributed by atoms with Crippen molar-refractivity contribution in [2.24, 2.45) is 0 Å². The molecule has 2 saturated heterocycles. The Morgan fingerprint density at radius 2 is 1.81 bits per heavy atom. The first-order valence-electron chi connectivity index (χ1n) is 11.6. The molecule has 172 valence electrons. The van der Waals surface area contributed by atoms with Gasteiger partial charge < -0.3 is 4.90 Å². The largest absolute Gasteiger partial charge is 0.357 e. The predicted molar refractivity (Wildman–Crippen MR) is 136 cm³/mol. The van der Waals surface area contributed by atoms with Gasteiger partial charge in [-0.05, 0) is 44.2 Å². The average molecular weight is 473 g/mol. The minimum Gasteiger partial charge on any atom is -0.357 e. The summed E-state index contributed by atoms with van der Waals surface area (Å²) >= 11 is 6.83. The van der Waals surface area contributed by atoms with Crippen LogP contribution in [-0.2, 0) is 11.3 Å². The lowest BCUT2D eigenvalue weighted by Crippen LogP contribution is -2.33. The molecule has 0 atom stereocenters. The third kappa shape index (κ3) is 4.94. The van der Waals surface area contributed by atoms with Crippen LogP contribution in [0.3, 0.4) is 0 Å². The first-order chi connectivity index (χ1) is 15.4. The van der Waals surface area contributed by atoms with Gasteiger partial charge in [-0.15, -0.1) is 0 Å². The minimum atomic E-state index is -0.241. The molecule has 1 aromatic rings. The number of amides is 1. The van der Waals surface area contributed by atoms with Crippen LogP contribution >= 0.6 is 24.0 Å². The average Bonchev–Trinajstić information content (AvgIpc) is 3.39. The number of nitrogens with zero attached hydrogens (tertiary/aromatic N) is 4. The third-order valence-electron chi connectivity index (χ3n) is 6.08. The Hall–Kier alpha value is -2.11. The van der Waals surface area contributed by atoms with Gasteiger partial charge in [0.25, 0.3) is 11.5 Å². The maximum Gasteiger partial charge on any atom is 0.270 e. The highest BCUT2D eigenvalue weighted by atomic mass is 32.2. The highest BCUT2D eigenvalue weighted by Crippen LogP contribution is 2.36. The maximum absolute atomic E-state index is 13.2. The van der Waals surface area contributed by atoms with Gasteiger partial charge in [0.1, 0.15) is 21.8 Å². The summed E-state index contributed by atoms with van der Waals surface area (Å²) in [7, 11) is 0. The monoisotopic (exact) mass is 472 g/mol. The van der Waals surface area contributed by atoms with Gasteiger partial charge in [0.05, 0.1) is 4.91 Å². The van der Waals surface area contributed by atoms with Gasteiger partial charge in [0.15, 0.2) is 0 Å². The summed E-state index contributed by atoms with van der Waals surface area (Å²) in [6.07, 6.45) is 9.10. The molecular weight excluding hydrogens is 440 g/mol. The van der Waals surface area contributed by atoms with Crippen molar-refractivity contribution in [1.82, 2.24) is 9.47 Å². The van der Waals surface area contributed by atoms with Crippen molar-refractivity contribution in [1.29, 1.82) is 5.26 Å². The molecule has 2 aliphatic heterocycles. The number of thioether (sulfide) groups is 1. The fraction of sp³-hybridized carbons (Fsp3) is 0.583. The zero-order valence-electron chi connectivity index (χ0n) is 19.3. The molecule has 2 aliphatic rings. The molecule has 0 aliphatic carbocycles. The summed E-state index contributed by atoms with van der Waals surface area (Å²) in [6.45, 7) is 8.91. The quantitative estimate of drug-likeness (QED) is 0.292. The highest BCUT2D eigenvalue weighted by molar-refractivity contribution is 8.26. The zero-order chi connectivity index (χ0) is 23.3. The van der Waals surface area contributed by atoms with Gasteiger partial charge in [0, 0.05) is 31.7 Å². The molecule has 1 amide bonds. The Morgan fingerprint density at radius 3 is 2.44 bits per heavy atom. The Bertz CT molecular complexity index is 1020. The molecule has 0 saturated carbocycles. The van der Waals surface area contributed by atoms with Gasteiger partial charge in [-0.3, -0.25) is 19.1 Å². The number of anilines is 1. The van der Waals surface area contributed by atoms with E-state index < -0.39 is 0 Å². The van der Waals surface area contributed by atoms with Crippen molar-refractivity contribution in [3.63, 3.8) is 0 Å². The van der Waals surface area contributed by atoms with E-state index >= 15 is 0 Å². The summed E-state index contributed by atoms with van der Waals surface area (Å²) in [5, 5.41) is 9.71.